The zero-order valence-corrected chi connectivity index (χ0v) is 20.9. The standard InChI is InChI=1S/C20H33FN4O3S.HI/c1-3-22-20(23-10-9-17-7-8-18(21)14-16(17)2)24-11-13-29(26,27)25-15-19-6-4-5-12-28-19;/h7-8,14,19,25H,3-6,9-13,15H2,1-2H3,(H2,22,23,24);1H. The molecule has 1 aromatic rings. The molecule has 1 saturated heterocycles. The highest BCUT2D eigenvalue weighted by Crippen LogP contribution is 2.12. The number of benzene rings is 1. The van der Waals surface area contributed by atoms with E-state index in [0.29, 0.717) is 32.2 Å². The number of nitrogens with one attached hydrogen (secondary N) is 3. The molecule has 0 saturated carbocycles. The molecule has 1 fully saturated rings. The maximum atomic E-state index is 13.2. The van der Waals surface area contributed by atoms with Crippen LogP contribution in [0, 0.1) is 12.7 Å². The zero-order valence-electron chi connectivity index (χ0n) is 17.7. The average molecular weight is 556 g/mol. The molecule has 7 nitrogen and oxygen atoms in total. The number of aliphatic imine (C=N–C) groups is 1. The van der Waals surface area contributed by atoms with Crippen molar-refractivity contribution in [3.8, 4) is 0 Å². The minimum Gasteiger partial charge on any atom is -0.377 e. The summed E-state index contributed by atoms with van der Waals surface area (Å²) in [4.78, 5) is 4.35. The van der Waals surface area contributed by atoms with Gasteiger partial charge in [-0.05, 0) is 62.8 Å². The highest BCUT2D eigenvalue weighted by molar-refractivity contribution is 14.0. The van der Waals surface area contributed by atoms with Crippen LogP contribution in [-0.2, 0) is 21.2 Å². The van der Waals surface area contributed by atoms with Crippen molar-refractivity contribution in [2.45, 2.75) is 45.6 Å². The average Bonchev–Trinajstić information content (AvgIpc) is 2.69. The monoisotopic (exact) mass is 556 g/mol. The first kappa shape index (κ1) is 27.1. The maximum absolute atomic E-state index is 13.2. The van der Waals surface area contributed by atoms with E-state index in [1.807, 2.05) is 13.8 Å². The Morgan fingerprint density at radius 1 is 1.30 bits per heavy atom. The maximum Gasteiger partial charge on any atom is 0.213 e. The van der Waals surface area contributed by atoms with Crippen molar-refractivity contribution in [3.63, 3.8) is 0 Å². The molecule has 10 heteroatoms. The van der Waals surface area contributed by atoms with Crippen molar-refractivity contribution < 1.29 is 17.5 Å². The molecule has 3 N–H and O–H groups in total. The second-order valence-corrected chi connectivity index (χ2v) is 9.09. The van der Waals surface area contributed by atoms with Crippen LogP contribution in [0.5, 0.6) is 0 Å². The summed E-state index contributed by atoms with van der Waals surface area (Å²) in [7, 11) is -3.39. The van der Waals surface area contributed by atoms with Gasteiger partial charge in [0.1, 0.15) is 5.82 Å². The second-order valence-electron chi connectivity index (χ2n) is 7.16. The van der Waals surface area contributed by atoms with Gasteiger partial charge < -0.3 is 15.4 Å². The number of nitrogens with zero attached hydrogens (tertiary/aromatic N) is 1. The number of halogens is 2. The lowest BCUT2D eigenvalue weighted by Crippen LogP contribution is -2.39. The lowest BCUT2D eigenvalue weighted by Gasteiger charge is -2.22. The Morgan fingerprint density at radius 2 is 2.10 bits per heavy atom. The van der Waals surface area contributed by atoms with Crippen molar-refractivity contribution in [1.82, 2.24) is 15.4 Å². The van der Waals surface area contributed by atoms with Crippen LogP contribution >= 0.6 is 24.0 Å². The van der Waals surface area contributed by atoms with Gasteiger partial charge in [0.15, 0.2) is 5.96 Å². The van der Waals surface area contributed by atoms with Crippen LogP contribution in [0.1, 0.15) is 37.3 Å². The van der Waals surface area contributed by atoms with E-state index in [2.05, 4.69) is 20.3 Å². The van der Waals surface area contributed by atoms with Crippen molar-refractivity contribution in [1.29, 1.82) is 0 Å². The van der Waals surface area contributed by atoms with Crippen LogP contribution in [0.4, 0.5) is 4.39 Å². The largest absolute Gasteiger partial charge is 0.377 e. The predicted octanol–water partition coefficient (Wildman–Crippen LogP) is 2.34. The molecular formula is C20H34FIN4O3S. The fourth-order valence-electron chi connectivity index (χ4n) is 3.14. The number of sulfonamides is 1. The second kappa shape index (κ2) is 14.2. The van der Waals surface area contributed by atoms with Gasteiger partial charge in [0.05, 0.1) is 18.4 Å². The lowest BCUT2D eigenvalue weighted by atomic mass is 10.1. The highest BCUT2D eigenvalue weighted by Gasteiger charge is 2.17. The van der Waals surface area contributed by atoms with E-state index in [1.165, 1.54) is 12.1 Å². The Labute approximate surface area is 196 Å². The Balaban J connectivity index is 0.00000450. The van der Waals surface area contributed by atoms with Crippen LogP contribution in [-0.4, -0.2) is 59.0 Å². The van der Waals surface area contributed by atoms with Gasteiger partial charge in [-0.15, -0.1) is 24.0 Å². The summed E-state index contributed by atoms with van der Waals surface area (Å²) < 4.78 is 45.7. The molecule has 30 heavy (non-hydrogen) atoms. The number of rotatable bonds is 10. The fourth-order valence-corrected chi connectivity index (χ4v) is 4.05. The number of hydrogen-bond donors (Lipinski definition) is 3. The van der Waals surface area contributed by atoms with Crippen molar-refractivity contribution in [2.75, 3.05) is 38.5 Å². The molecule has 0 aliphatic carbocycles. The zero-order chi connectivity index (χ0) is 21.1. The Kier molecular flexibility index (Phi) is 12.8. The van der Waals surface area contributed by atoms with Crippen molar-refractivity contribution >= 4 is 40.0 Å². The van der Waals surface area contributed by atoms with Crippen molar-refractivity contribution in [3.05, 3.63) is 35.1 Å². The number of aryl methyl sites for hydroxylation is 1. The van der Waals surface area contributed by atoms with Crippen LogP contribution in [0.3, 0.4) is 0 Å². The molecule has 2 rings (SSSR count). The van der Waals surface area contributed by atoms with Gasteiger partial charge in [0.25, 0.3) is 0 Å². The molecule has 1 aromatic carbocycles. The highest BCUT2D eigenvalue weighted by atomic mass is 127. The molecule has 0 bridgehead atoms. The minimum atomic E-state index is -3.39. The Bertz CT molecular complexity index is 771. The Hall–Kier alpha value is -0.980. The first-order valence-corrected chi connectivity index (χ1v) is 11.9. The summed E-state index contributed by atoms with van der Waals surface area (Å²) in [5.41, 5.74) is 1.97. The number of guanidine groups is 1. The molecule has 0 amide bonds. The van der Waals surface area contributed by atoms with Crippen LogP contribution in [0.2, 0.25) is 0 Å². The van der Waals surface area contributed by atoms with Gasteiger partial charge in [0.2, 0.25) is 10.0 Å². The van der Waals surface area contributed by atoms with E-state index in [0.717, 1.165) is 36.8 Å². The molecule has 1 unspecified atom stereocenters. The van der Waals surface area contributed by atoms with Gasteiger partial charge in [-0.2, -0.15) is 0 Å². The van der Waals surface area contributed by atoms with Crippen LogP contribution in [0.25, 0.3) is 0 Å². The summed E-state index contributed by atoms with van der Waals surface area (Å²) in [6.45, 7) is 6.30. The van der Waals surface area contributed by atoms with Gasteiger partial charge in [-0.25, -0.2) is 17.5 Å². The lowest BCUT2D eigenvalue weighted by molar-refractivity contribution is 0.0200. The number of ether oxygens (including phenoxy) is 1. The third-order valence-electron chi connectivity index (χ3n) is 4.77. The first-order valence-electron chi connectivity index (χ1n) is 10.3. The molecule has 0 aromatic heterocycles. The summed E-state index contributed by atoms with van der Waals surface area (Å²) in [6, 6.07) is 4.76. The van der Waals surface area contributed by atoms with Gasteiger partial charge in [-0.1, -0.05) is 6.07 Å². The topological polar surface area (TPSA) is 91.8 Å². The molecule has 1 aliphatic heterocycles. The van der Waals surface area contributed by atoms with E-state index >= 15 is 0 Å². The van der Waals surface area contributed by atoms with Gasteiger partial charge in [-0.3, -0.25) is 4.99 Å². The fraction of sp³-hybridized carbons (Fsp3) is 0.650. The normalized spacial score (nSPS) is 17.3. The molecular weight excluding hydrogens is 522 g/mol. The summed E-state index contributed by atoms with van der Waals surface area (Å²) >= 11 is 0. The van der Waals surface area contributed by atoms with Gasteiger partial charge >= 0.3 is 0 Å². The summed E-state index contributed by atoms with van der Waals surface area (Å²) in [5, 5.41) is 6.30. The first-order chi connectivity index (χ1) is 13.9. The third kappa shape index (κ3) is 10.4. The summed E-state index contributed by atoms with van der Waals surface area (Å²) in [6.07, 6.45) is 3.70. The Morgan fingerprint density at radius 3 is 2.77 bits per heavy atom. The van der Waals surface area contributed by atoms with E-state index in [4.69, 9.17) is 4.74 Å². The SMILES string of the molecule is CCNC(=NCCS(=O)(=O)NCC1CCCCO1)NCCc1ccc(F)cc1C.I. The predicted molar refractivity (Wildman–Crippen MR) is 130 cm³/mol. The molecule has 0 spiro atoms. The number of hydrogen-bond acceptors (Lipinski definition) is 4. The molecule has 1 heterocycles. The van der Waals surface area contributed by atoms with Crippen molar-refractivity contribution in [2.24, 2.45) is 4.99 Å². The molecule has 1 atom stereocenters. The third-order valence-corrected chi connectivity index (χ3v) is 6.10. The van der Waals surface area contributed by atoms with Crippen LogP contribution < -0.4 is 15.4 Å². The van der Waals surface area contributed by atoms with E-state index in [-0.39, 0.29) is 48.2 Å². The quantitative estimate of drug-likeness (QED) is 0.234. The molecule has 172 valence electrons. The molecule has 0 radical (unpaired) electrons. The minimum absolute atomic E-state index is 0. The van der Waals surface area contributed by atoms with E-state index in [9.17, 15) is 12.8 Å². The van der Waals surface area contributed by atoms with E-state index < -0.39 is 10.0 Å². The smallest absolute Gasteiger partial charge is 0.213 e. The van der Waals surface area contributed by atoms with Crippen LogP contribution in [0.15, 0.2) is 23.2 Å². The van der Waals surface area contributed by atoms with Gasteiger partial charge in [0, 0.05) is 26.2 Å². The summed E-state index contributed by atoms with van der Waals surface area (Å²) in [5.74, 6) is 0.255. The van der Waals surface area contributed by atoms with E-state index in [1.54, 1.807) is 6.07 Å². The molecule has 1 aliphatic rings.